The van der Waals surface area contributed by atoms with E-state index in [1.807, 2.05) is 6.92 Å². The maximum Gasteiger partial charge on any atom is 0.0794 e. The summed E-state index contributed by atoms with van der Waals surface area (Å²) < 4.78 is 5.48. The van der Waals surface area contributed by atoms with E-state index in [2.05, 4.69) is 22.0 Å². The van der Waals surface area contributed by atoms with Gasteiger partial charge in [-0.15, -0.1) is 0 Å². The summed E-state index contributed by atoms with van der Waals surface area (Å²) >= 11 is 0. The molecule has 2 fully saturated rings. The molecule has 2 saturated heterocycles. The molecule has 1 aromatic heterocycles. The molecule has 0 bridgehead atoms. The molecule has 1 N–H and O–H groups in total. The Morgan fingerprint density at radius 2 is 2.28 bits per heavy atom. The molecule has 0 spiro atoms. The van der Waals surface area contributed by atoms with Crippen molar-refractivity contribution in [1.29, 1.82) is 0 Å². The van der Waals surface area contributed by atoms with Crippen LogP contribution in [0.25, 0.3) is 0 Å². The molecule has 3 heterocycles. The van der Waals surface area contributed by atoms with Gasteiger partial charge in [0.15, 0.2) is 0 Å². The standard InChI is InChI=1S/C14H20N2O2/c1-10-2-3-13(11-4-5-18-9-11)14(15-10)8-16-6-12(17)7-16/h2-3,11-12,17H,4-9H2,1H3/t11-/m1/s1. The number of hydrogen-bond acceptors (Lipinski definition) is 4. The fourth-order valence-electron chi connectivity index (χ4n) is 2.78. The average molecular weight is 248 g/mol. The summed E-state index contributed by atoms with van der Waals surface area (Å²) in [6.07, 6.45) is 0.952. The maximum absolute atomic E-state index is 9.35. The topological polar surface area (TPSA) is 45.6 Å². The van der Waals surface area contributed by atoms with Gasteiger partial charge in [-0.05, 0) is 25.0 Å². The number of rotatable bonds is 3. The molecule has 0 aromatic carbocycles. The first-order chi connectivity index (χ1) is 8.72. The molecule has 98 valence electrons. The van der Waals surface area contributed by atoms with E-state index in [9.17, 15) is 5.11 Å². The van der Waals surface area contributed by atoms with Crippen LogP contribution >= 0.6 is 0 Å². The number of β-amino-alcohol motifs (C(OH)–C–C–N with tert-alkyl or cyclic N) is 1. The summed E-state index contributed by atoms with van der Waals surface area (Å²) in [6.45, 7) is 6.11. The quantitative estimate of drug-likeness (QED) is 0.869. The van der Waals surface area contributed by atoms with Gasteiger partial charge in [-0.1, -0.05) is 6.07 Å². The highest BCUT2D eigenvalue weighted by molar-refractivity contribution is 5.27. The van der Waals surface area contributed by atoms with Crippen LogP contribution in [0.3, 0.4) is 0 Å². The van der Waals surface area contributed by atoms with Crippen molar-refractivity contribution in [2.24, 2.45) is 0 Å². The minimum atomic E-state index is -0.145. The van der Waals surface area contributed by atoms with Crippen molar-refractivity contribution in [2.45, 2.75) is 31.9 Å². The molecular weight excluding hydrogens is 228 g/mol. The minimum absolute atomic E-state index is 0.145. The monoisotopic (exact) mass is 248 g/mol. The van der Waals surface area contributed by atoms with Crippen LogP contribution in [0.5, 0.6) is 0 Å². The van der Waals surface area contributed by atoms with Crippen LogP contribution in [-0.2, 0) is 11.3 Å². The number of hydrogen-bond donors (Lipinski definition) is 1. The molecule has 2 aliphatic rings. The average Bonchev–Trinajstić information content (AvgIpc) is 2.80. The molecule has 0 unspecified atom stereocenters. The van der Waals surface area contributed by atoms with E-state index >= 15 is 0 Å². The number of ether oxygens (including phenoxy) is 1. The van der Waals surface area contributed by atoms with Crippen LogP contribution in [-0.4, -0.2) is 47.4 Å². The first-order valence-electron chi connectivity index (χ1n) is 6.67. The molecule has 0 saturated carbocycles. The normalized spacial score (nSPS) is 25.3. The van der Waals surface area contributed by atoms with Gasteiger partial charge < -0.3 is 9.84 Å². The van der Waals surface area contributed by atoms with Gasteiger partial charge in [0.05, 0.1) is 18.4 Å². The van der Waals surface area contributed by atoms with E-state index in [1.165, 1.54) is 5.56 Å². The highest BCUT2D eigenvalue weighted by atomic mass is 16.5. The lowest BCUT2D eigenvalue weighted by Gasteiger charge is -2.36. The molecule has 4 nitrogen and oxygen atoms in total. The third-order valence-corrected chi connectivity index (χ3v) is 3.83. The minimum Gasteiger partial charge on any atom is -0.390 e. The predicted molar refractivity (Wildman–Crippen MR) is 68.4 cm³/mol. The smallest absolute Gasteiger partial charge is 0.0794 e. The maximum atomic E-state index is 9.35. The second-order valence-corrected chi connectivity index (χ2v) is 5.40. The van der Waals surface area contributed by atoms with E-state index in [-0.39, 0.29) is 6.10 Å². The molecular formula is C14H20N2O2. The van der Waals surface area contributed by atoms with Crippen molar-refractivity contribution in [3.63, 3.8) is 0 Å². The Morgan fingerprint density at radius 1 is 1.44 bits per heavy atom. The highest BCUT2D eigenvalue weighted by Gasteiger charge is 2.27. The number of aryl methyl sites for hydroxylation is 1. The number of aromatic nitrogens is 1. The largest absolute Gasteiger partial charge is 0.390 e. The van der Waals surface area contributed by atoms with Crippen molar-refractivity contribution in [3.8, 4) is 0 Å². The summed E-state index contributed by atoms with van der Waals surface area (Å²) in [6, 6.07) is 4.29. The lowest BCUT2D eigenvalue weighted by atomic mass is 9.95. The fourth-order valence-corrected chi connectivity index (χ4v) is 2.78. The Balaban J connectivity index is 1.79. The summed E-state index contributed by atoms with van der Waals surface area (Å²) in [7, 11) is 0. The summed E-state index contributed by atoms with van der Waals surface area (Å²) in [5, 5.41) is 9.35. The third-order valence-electron chi connectivity index (χ3n) is 3.83. The van der Waals surface area contributed by atoms with Gasteiger partial charge in [0.2, 0.25) is 0 Å². The number of nitrogens with zero attached hydrogens (tertiary/aromatic N) is 2. The Morgan fingerprint density at radius 3 is 2.94 bits per heavy atom. The Hall–Kier alpha value is -0.970. The summed E-state index contributed by atoms with van der Waals surface area (Å²) in [5.41, 5.74) is 3.56. The molecule has 0 radical (unpaired) electrons. The molecule has 2 aliphatic heterocycles. The first-order valence-corrected chi connectivity index (χ1v) is 6.67. The van der Waals surface area contributed by atoms with E-state index in [0.717, 1.165) is 50.7 Å². The zero-order chi connectivity index (χ0) is 12.5. The van der Waals surface area contributed by atoms with Crippen LogP contribution in [0, 0.1) is 6.92 Å². The van der Waals surface area contributed by atoms with Crippen LogP contribution in [0.1, 0.15) is 29.3 Å². The van der Waals surface area contributed by atoms with Crippen molar-refractivity contribution < 1.29 is 9.84 Å². The Bertz CT molecular complexity index is 424. The highest BCUT2D eigenvalue weighted by Crippen LogP contribution is 2.28. The van der Waals surface area contributed by atoms with Gasteiger partial charge in [-0.25, -0.2) is 0 Å². The second-order valence-electron chi connectivity index (χ2n) is 5.40. The fraction of sp³-hybridized carbons (Fsp3) is 0.643. The first kappa shape index (κ1) is 12.1. The van der Waals surface area contributed by atoms with Crippen LogP contribution in [0.4, 0.5) is 0 Å². The summed E-state index contributed by atoms with van der Waals surface area (Å²) in [4.78, 5) is 6.93. The van der Waals surface area contributed by atoms with Crippen LogP contribution in [0.15, 0.2) is 12.1 Å². The van der Waals surface area contributed by atoms with Gasteiger partial charge in [0, 0.05) is 37.9 Å². The lowest BCUT2D eigenvalue weighted by Crippen LogP contribution is -2.50. The van der Waals surface area contributed by atoms with Crippen molar-refractivity contribution in [2.75, 3.05) is 26.3 Å². The number of pyridine rings is 1. The van der Waals surface area contributed by atoms with E-state index in [1.54, 1.807) is 0 Å². The molecule has 0 amide bonds. The van der Waals surface area contributed by atoms with E-state index in [0.29, 0.717) is 5.92 Å². The van der Waals surface area contributed by atoms with Gasteiger partial charge in [0.25, 0.3) is 0 Å². The van der Waals surface area contributed by atoms with Crippen molar-refractivity contribution >= 4 is 0 Å². The van der Waals surface area contributed by atoms with Gasteiger partial charge in [-0.2, -0.15) is 0 Å². The number of aliphatic hydroxyl groups excluding tert-OH is 1. The second kappa shape index (κ2) is 4.96. The van der Waals surface area contributed by atoms with Gasteiger partial charge in [0.1, 0.15) is 0 Å². The molecule has 3 rings (SSSR count). The molecule has 4 heteroatoms. The zero-order valence-electron chi connectivity index (χ0n) is 10.8. The number of aliphatic hydroxyl groups is 1. The van der Waals surface area contributed by atoms with Gasteiger partial charge in [-0.3, -0.25) is 9.88 Å². The number of likely N-dealkylation sites (tertiary alicyclic amines) is 1. The van der Waals surface area contributed by atoms with Gasteiger partial charge >= 0.3 is 0 Å². The molecule has 1 atom stereocenters. The lowest BCUT2D eigenvalue weighted by molar-refractivity contribution is -0.00377. The van der Waals surface area contributed by atoms with E-state index < -0.39 is 0 Å². The molecule has 0 aliphatic carbocycles. The Labute approximate surface area is 108 Å². The van der Waals surface area contributed by atoms with Crippen LogP contribution in [0.2, 0.25) is 0 Å². The molecule has 18 heavy (non-hydrogen) atoms. The van der Waals surface area contributed by atoms with Crippen molar-refractivity contribution in [1.82, 2.24) is 9.88 Å². The predicted octanol–water partition coefficient (Wildman–Crippen LogP) is 1.07. The SMILES string of the molecule is Cc1ccc([C@@H]2CCOC2)c(CN2CC(O)C2)n1. The zero-order valence-corrected chi connectivity index (χ0v) is 10.8. The summed E-state index contributed by atoms with van der Waals surface area (Å²) in [5.74, 6) is 0.499. The third kappa shape index (κ3) is 2.41. The van der Waals surface area contributed by atoms with Crippen molar-refractivity contribution in [3.05, 3.63) is 29.1 Å². The van der Waals surface area contributed by atoms with Crippen LogP contribution < -0.4 is 0 Å². The van der Waals surface area contributed by atoms with E-state index in [4.69, 9.17) is 4.74 Å². The Kier molecular flexibility index (Phi) is 3.33. The molecule has 1 aromatic rings.